The van der Waals surface area contributed by atoms with E-state index in [0.29, 0.717) is 12.2 Å². The van der Waals surface area contributed by atoms with Crippen molar-refractivity contribution in [1.29, 1.82) is 0 Å². The molecule has 1 aromatic heterocycles. The number of carboxylic acid groups (broad SMARTS) is 1. The fourth-order valence-electron chi connectivity index (χ4n) is 4.73. The summed E-state index contributed by atoms with van der Waals surface area (Å²) in [7, 11) is 0. The van der Waals surface area contributed by atoms with Gasteiger partial charge in [0.2, 0.25) is 0 Å². The average Bonchev–Trinajstić information content (AvgIpc) is 2.82. The van der Waals surface area contributed by atoms with E-state index >= 15 is 0 Å². The third-order valence-corrected chi connectivity index (χ3v) is 6.26. The predicted octanol–water partition coefficient (Wildman–Crippen LogP) is 4.16. The van der Waals surface area contributed by atoms with E-state index in [-0.39, 0.29) is 11.6 Å². The lowest BCUT2D eigenvalue weighted by Gasteiger charge is -2.33. The first-order valence-corrected chi connectivity index (χ1v) is 10.8. The molecule has 0 unspecified atom stereocenters. The van der Waals surface area contributed by atoms with E-state index in [9.17, 15) is 9.90 Å². The molecule has 0 spiro atoms. The molecule has 0 aliphatic carbocycles. The smallest absolute Gasteiger partial charge is 0.337 e. The van der Waals surface area contributed by atoms with Crippen molar-refractivity contribution in [2.75, 3.05) is 29.9 Å². The average molecular weight is 415 g/mol. The standard InChI is InChI=1S/C25H26N4O2/c30-25(31)21-10-11-26-15-22(21)28-16-23-20-8-7-19(14-18(20)9-12-27-23)29-13-3-5-17-4-1-2-6-24(17)29/h1-2,4,6-8,10-11,14-15,23,27-28H,3,5,9,12-13,16H2,(H,30,31)/t23-/m1/s1. The van der Waals surface area contributed by atoms with Crippen LogP contribution in [0.3, 0.4) is 0 Å². The van der Waals surface area contributed by atoms with Gasteiger partial charge in [0.05, 0.1) is 17.4 Å². The molecule has 0 saturated heterocycles. The molecule has 31 heavy (non-hydrogen) atoms. The second kappa shape index (κ2) is 8.40. The van der Waals surface area contributed by atoms with Gasteiger partial charge in [-0.2, -0.15) is 0 Å². The molecule has 2 aliphatic heterocycles. The fourth-order valence-corrected chi connectivity index (χ4v) is 4.73. The SMILES string of the molecule is O=C(O)c1ccncc1NC[C@H]1NCCc2cc(N3CCCc4ccccc43)ccc21. The van der Waals surface area contributed by atoms with E-state index in [1.54, 1.807) is 6.20 Å². The number of nitrogens with one attached hydrogen (secondary N) is 2. The lowest BCUT2D eigenvalue weighted by atomic mass is 9.92. The zero-order chi connectivity index (χ0) is 21.2. The number of fused-ring (bicyclic) bond motifs is 2. The lowest BCUT2D eigenvalue weighted by molar-refractivity contribution is 0.0697. The number of benzene rings is 2. The van der Waals surface area contributed by atoms with Crippen molar-refractivity contribution < 1.29 is 9.90 Å². The van der Waals surface area contributed by atoms with Crippen LogP contribution in [0.4, 0.5) is 17.1 Å². The van der Waals surface area contributed by atoms with Gasteiger partial charge in [-0.15, -0.1) is 0 Å². The summed E-state index contributed by atoms with van der Waals surface area (Å²) >= 11 is 0. The van der Waals surface area contributed by atoms with Gasteiger partial charge in [0.1, 0.15) is 0 Å². The molecule has 0 radical (unpaired) electrons. The van der Waals surface area contributed by atoms with Crippen LogP contribution in [-0.4, -0.2) is 35.7 Å². The highest BCUT2D eigenvalue weighted by molar-refractivity contribution is 5.93. The highest BCUT2D eigenvalue weighted by Gasteiger charge is 2.23. The monoisotopic (exact) mass is 414 g/mol. The molecule has 0 amide bonds. The maximum absolute atomic E-state index is 11.5. The van der Waals surface area contributed by atoms with E-state index in [2.05, 4.69) is 63.0 Å². The van der Waals surface area contributed by atoms with Crippen LogP contribution in [0.1, 0.15) is 39.5 Å². The zero-order valence-corrected chi connectivity index (χ0v) is 17.3. The molecule has 3 heterocycles. The topological polar surface area (TPSA) is 77.5 Å². The Labute approximate surface area is 181 Å². The van der Waals surface area contributed by atoms with E-state index in [1.165, 1.54) is 46.7 Å². The first-order valence-electron chi connectivity index (χ1n) is 10.8. The van der Waals surface area contributed by atoms with Gasteiger partial charge in [0.15, 0.2) is 0 Å². The summed E-state index contributed by atoms with van der Waals surface area (Å²) in [6, 6.07) is 17.1. The lowest BCUT2D eigenvalue weighted by Crippen LogP contribution is -2.34. The molecule has 5 rings (SSSR count). The van der Waals surface area contributed by atoms with Crippen LogP contribution in [0.25, 0.3) is 0 Å². The fraction of sp³-hybridized carbons (Fsp3) is 0.280. The summed E-state index contributed by atoms with van der Waals surface area (Å²) in [5.74, 6) is -0.951. The van der Waals surface area contributed by atoms with Crippen molar-refractivity contribution in [3.63, 3.8) is 0 Å². The third-order valence-electron chi connectivity index (χ3n) is 6.26. The Morgan fingerprint density at radius 2 is 2.06 bits per heavy atom. The van der Waals surface area contributed by atoms with Gasteiger partial charge in [0.25, 0.3) is 0 Å². The first kappa shape index (κ1) is 19.6. The van der Waals surface area contributed by atoms with Crippen LogP contribution in [-0.2, 0) is 12.8 Å². The Hall–Kier alpha value is -3.38. The van der Waals surface area contributed by atoms with Crippen molar-refractivity contribution in [2.24, 2.45) is 0 Å². The minimum Gasteiger partial charge on any atom is -0.478 e. The van der Waals surface area contributed by atoms with Crippen LogP contribution in [0.5, 0.6) is 0 Å². The molecular formula is C25H26N4O2. The Kier molecular flexibility index (Phi) is 5.30. The summed E-state index contributed by atoms with van der Waals surface area (Å²) in [6.07, 6.45) is 6.37. The van der Waals surface area contributed by atoms with Crippen molar-refractivity contribution in [3.05, 3.63) is 83.2 Å². The number of para-hydroxylation sites is 1. The third kappa shape index (κ3) is 3.86. The molecule has 2 aromatic carbocycles. The van der Waals surface area contributed by atoms with Crippen LogP contribution < -0.4 is 15.5 Å². The first-order chi connectivity index (χ1) is 15.2. The second-order valence-electron chi connectivity index (χ2n) is 8.13. The summed E-state index contributed by atoms with van der Waals surface area (Å²) in [5.41, 5.74) is 7.40. The van der Waals surface area contributed by atoms with Crippen molar-refractivity contribution in [1.82, 2.24) is 10.3 Å². The Morgan fingerprint density at radius 3 is 2.97 bits per heavy atom. The minimum atomic E-state index is -0.951. The highest BCUT2D eigenvalue weighted by Crippen LogP contribution is 2.35. The summed E-state index contributed by atoms with van der Waals surface area (Å²) in [4.78, 5) is 18.0. The maximum atomic E-state index is 11.5. The number of aromatic carboxylic acids is 1. The van der Waals surface area contributed by atoms with E-state index in [4.69, 9.17) is 0 Å². The summed E-state index contributed by atoms with van der Waals surface area (Å²) in [6.45, 7) is 2.54. The Bertz CT molecular complexity index is 1110. The van der Waals surface area contributed by atoms with E-state index in [1.807, 2.05) is 0 Å². The number of hydrogen-bond donors (Lipinski definition) is 3. The molecule has 0 fully saturated rings. The number of carbonyl (C=O) groups is 1. The quantitative estimate of drug-likeness (QED) is 0.582. The molecule has 0 saturated carbocycles. The molecule has 3 N–H and O–H groups in total. The predicted molar refractivity (Wildman–Crippen MR) is 122 cm³/mol. The Balaban J connectivity index is 1.38. The van der Waals surface area contributed by atoms with E-state index in [0.717, 1.165) is 25.9 Å². The van der Waals surface area contributed by atoms with Gasteiger partial charge in [-0.1, -0.05) is 24.3 Å². The van der Waals surface area contributed by atoms with Gasteiger partial charge < -0.3 is 20.6 Å². The molecule has 6 nitrogen and oxygen atoms in total. The number of hydrogen-bond acceptors (Lipinski definition) is 5. The molecule has 2 aliphatic rings. The molecule has 1 atom stereocenters. The normalized spacial score (nSPS) is 17.5. The van der Waals surface area contributed by atoms with Gasteiger partial charge >= 0.3 is 5.97 Å². The summed E-state index contributed by atoms with van der Waals surface area (Å²) < 4.78 is 0. The van der Waals surface area contributed by atoms with Crippen molar-refractivity contribution in [3.8, 4) is 0 Å². The zero-order valence-electron chi connectivity index (χ0n) is 17.3. The number of carboxylic acids is 1. The van der Waals surface area contributed by atoms with Crippen LogP contribution in [0.15, 0.2) is 60.9 Å². The largest absolute Gasteiger partial charge is 0.478 e. The molecule has 0 bridgehead atoms. The van der Waals surface area contributed by atoms with Crippen LogP contribution in [0, 0.1) is 0 Å². The van der Waals surface area contributed by atoms with Gasteiger partial charge in [-0.25, -0.2) is 4.79 Å². The van der Waals surface area contributed by atoms with Crippen LogP contribution in [0.2, 0.25) is 0 Å². The molecular weight excluding hydrogens is 388 g/mol. The van der Waals surface area contributed by atoms with E-state index < -0.39 is 5.97 Å². The number of anilines is 3. The number of rotatable bonds is 5. The van der Waals surface area contributed by atoms with Crippen molar-refractivity contribution in [2.45, 2.75) is 25.3 Å². The van der Waals surface area contributed by atoms with Crippen LogP contribution >= 0.6 is 0 Å². The maximum Gasteiger partial charge on any atom is 0.337 e. The minimum absolute atomic E-state index is 0.119. The highest BCUT2D eigenvalue weighted by atomic mass is 16.4. The second-order valence-corrected chi connectivity index (χ2v) is 8.13. The number of aryl methyl sites for hydroxylation is 1. The number of aromatic nitrogens is 1. The number of pyridine rings is 1. The van der Waals surface area contributed by atoms with Gasteiger partial charge in [-0.3, -0.25) is 4.98 Å². The van der Waals surface area contributed by atoms with Crippen molar-refractivity contribution >= 4 is 23.0 Å². The molecule has 3 aromatic rings. The van der Waals surface area contributed by atoms with Gasteiger partial charge in [0, 0.05) is 36.7 Å². The number of nitrogens with zero attached hydrogens (tertiary/aromatic N) is 2. The Morgan fingerprint density at radius 1 is 1.16 bits per heavy atom. The van der Waals surface area contributed by atoms with Gasteiger partial charge in [-0.05, 0) is 66.8 Å². The molecule has 158 valence electrons. The summed E-state index contributed by atoms with van der Waals surface area (Å²) in [5, 5.41) is 16.2. The molecule has 6 heteroatoms.